The SMILES string of the molecule is Nc1ccc(C(=O)Nc2nc(-n3ccc(C(O)CCCO)c3)nc3c2cnn3-c2cccc(F)c2)s1. The van der Waals surface area contributed by atoms with Gasteiger partial charge >= 0.3 is 0 Å². The number of thiophene rings is 1. The van der Waals surface area contributed by atoms with Crippen LogP contribution in [0.1, 0.15) is 34.2 Å². The predicted molar refractivity (Wildman–Crippen MR) is 134 cm³/mol. The van der Waals surface area contributed by atoms with E-state index in [4.69, 9.17) is 10.8 Å². The van der Waals surface area contributed by atoms with Crippen molar-refractivity contribution in [3.05, 3.63) is 77.3 Å². The molecule has 4 heterocycles. The molecule has 0 aliphatic rings. The Bertz CT molecular complexity index is 1540. The molecule has 5 rings (SSSR count). The Labute approximate surface area is 208 Å². The van der Waals surface area contributed by atoms with Gasteiger partial charge in [0.25, 0.3) is 5.91 Å². The van der Waals surface area contributed by atoms with E-state index in [9.17, 15) is 14.3 Å². The maximum Gasteiger partial charge on any atom is 0.266 e. The second-order valence-corrected chi connectivity index (χ2v) is 9.15. The van der Waals surface area contributed by atoms with Crippen molar-refractivity contribution in [2.24, 2.45) is 0 Å². The molecule has 1 atom stereocenters. The van der Waals surface area contributed by atoms with E-state index in [-0.39, 0.29) is 18.4 Å². The molecular formula is C24H22FN7O3S. The topological polar surface area (TPSA) is 144 Å². The summed E-state index contributed by atoms with van der Waals surface area (Å²) in [7, 11) is 0. The third-order valence-corrected chi connectivity index (χ3v) is 6.43. The third kappa shape index (κ3) is 4.69. The Hall–Kier alpha value is -4.13. The van der Waals surface area contributed by atoms with Crippen LogP contribution >= 0.6 is 11.3 Å². The molecule has 5 N–H and O–H groups in total. The van der Waals surface area contributed by atoms with Gasteiger partial charge in [-0.1, -0.05) is 6.07 Å². The number of aliphatic hydroxyl groups excluding tert-OH is 2. The summed E-state index contributed by atoms with van der Waals surface area (Å²) in [4.78, 5) is 22.5. The average Bonchev–Trinajstić information content (AvgIpc) is 3.62. The number of nitrogens with one attached hydrogen (secondary N) is 1. The molecule has 5 aromatic rings. The highest BCUT2D eigenvalue weighted by molar-refractivity contribution is 7.17. The van der Waals surface area contributed by atoms with E-state index >= 15 is 0 Å². The minimum absolute atomic E-state index is 0.0133. The van der Waals surface area contributed by atoms with Crippen LogP contribution in [0.15, 0.2) is 61.1 Å². The van der Waals surface area contributed by atoms with Crippen LogP contribution in [0.3, 0.4) is 0 Å². The number of anilines is 2. The van der Waals surface area contributed by atoms with Gasteiger partial charge in [-0.2, -0.15) is 15.1 Å². The maximum atomic E-state index is 13.9. The first-order chi connectivity index (χ1) is 17.4. The molecular weight excluding hydrogens is 485 g/mol. The number of aliphatic hydroxyl groups is 2. The minimum Gasteiger partial charge on any atom is -0.396 e. The van der Waals surface area contributed by atoms with Crippen molar-refractivity contribution in [3.8, 4) is 11.6 Å². The Morgan fingerprint density at radius 3 is 2.83 bits per heavy atom. The summed E-state index contributed by atoms with van der Waals surface area (Å²) in [5.74, 6) is -0.400. The smallest absolute Gasteiger partial charge is 0.266 e. The number of nitrogens with two attached hydrogens (primary N) is 1. The zero-order valence-corrected chi connectivity index (χ0v) is 19.7. The molecule has 12 heteroatoms. The minimum atomic E-state index is -0.761. The van der Waals surface area contributed by atoms with E-state index in [2.05, 4.69) is 20.4 Å². The lowest BCUT2D eigenvalue weighted by Gasteiger charge is -2.10. The molecule has 1 aromatic carbocycles. The number of benzene rings is 1. The number of carbonyl (C=O) groups excluding carboxylic acids is 1. The molecule has 184 valence electrons. The van der Waals surface area contributed by atoms with Crippen LogP contribution in [0.5, 0.6) is 0 Å². The molecule has 4 aromatic heterocycles. The van der Waals surface area contributed by atoms with Gasteiger partial charge in [-0.25, -0.2) is 9.07 Å². The van der Waals surface area contributed by atoms with Crippen LogP contribution in [-0.2, 0) is 0 Å². The molecule has 0 aliphatic heterocycles. The molecule has 36 heavy (non-hydrogen) atoms. The molecule has 0 fully saturated rings. The van der Waals surface area contributed by atoms with Gasteiger partial charge in [-0.3, -0.25) is 9.36 Å². The van der Waals surface area contributed by atoms with E-state index in [1.165, 1.54) is 23.0 Å². The fourth-order valence-corrected chi connectivity index (χ4v) is 4.40. The van der Waals surface area contributed by atoms with Crippen molar-refractivity contribution in [1.82, 2.24) is 24.3 Å². The van der Waals surface area contributed by atoms with Crippen LogP contribution in [0.2, 0.25) is 0 Å². The highest BCUT2D eigenvalue weighted by Crippen LogP contribution is 2.27. The number of nitrogen functional groups attached to an aromatic ring is 1. The summed E-state index contributed by atoms with van der Waals surface area (Å²) >= 11 is 1.15. The van der Waals surface area contributed by atoms with Crippen molar-refractivity contribution in [1.29, 1.82) is 0 Å². The zero-order chi connectivity index (χ0) is 25.2. The van der Waals surface area contributed by atoms with Gasteiger partial charge in [0.1, 0.15) is 11.6 Å². The highest BCUT2D eigenvalue weighted by Gasteiger charge is 2.19. The van der Waals surface area contributed by atoms with Gasteiger partial charge in [-0.15, -0.1) is 11.3 Å². The molecule has 1 unspecified atom stereocenters. The Morgan fingerprint density at radius 2 is 2.08 bits per heavy atom. The molecule has 10 nitrogen and oxygen atoms in total. The Balaban J connectivity index is 1.60. The van der Waals surface area contributed by atoms with Gasteiger partial charge in [0, 0.05) is 19.0 Å². The highest BCUT2D eigenvalue weighted by atomic mass is 32.1. The lowest BCUT2D eigenvalue weighted by atomic mass is 10.1. The Kier molecular flexibility index (Phi) is 6.46. The van der Waals surface area contributed by atoms with Crippen molar-refractivity contribution in [2.75, 3.05) is 17.7 Å². The molecule has 0 radical (unpaired) electrons. The quantitative estimate of drug-likeness (QED) is 0.252. The van der Waals surface area contributed by atoms with E-state index in [0.717, 1.165) is 11.3 Å². The lowest BCUT2D eigenvalue weighted by Crippen LogP contribution is -2.14. The normalized spacial score (nSPS) is 12.2. The first kappa shape index (κ1) is 23.6. The molecule has 0 saturated heterocycles. The summed E-state index contributed by atoms with van der Waals surface area (Å²) in [6.45, 7) is -0.0133. The number of hydrogen-bond donors (Lipinski definition) is 4. The second kappa shape index (κ2) is 9.85. The van der Waals surface area contributed by atoms with E-state index in [0.29, 0.717) is 45.0 Å². The number of halogens is 1. The summed E-state index contributed by atoms with van der Waals surface area (Å²) in [6, 6.07) is 10.9. The Morgan fingerprint density at radius 1 is 1.22 bits per heavy atom. The number of fused-ring (bicyclic) bond motifs is 1. The van der Waals surface area contributed by atoms with Crippen LogP contribution in [0.25, 0.3) is 22.7 Å². The van der Waals surface area contributed by atoms with Crippen LogP contribution in [-0.4, -0.2) is 47.0 Å². The third-order valence-electron chi connectivity index (χ3n) is 5.52. The average molecular weight is 508 g/mol. The predicted octanol–water partition coefficient (Wildman–Crippen LogP) is 3.45. The molecule has 0 aliphatic carbocycles. The van der Waals surface area contributed by atoms with Crippen molar-refractivity contribution in [3.63, 3.8) is 0 Å². The number of carbonyl (C=O) groups is 1. The number of nitrogens with zero attached hydrogens (tertiary/aromatic N) is 5. The van der Waals surface area contributed by atoms with E-state index in [1.54, 1.807) is 47.3 Å². The van der Waals surface area contributed by atoms with E-state index in [1.807, 2.05) is 0 Å². The first-order valence-corrected chi connectivity index (χ1v) is 11.9. The fraction of sp³-hybridized carbons (Fsp3) is 0.167. The maximum absolute atomic E-state index is 13.9. The monoisotopic (exact) mass is 507 g/mol. The van der Waals surface area contributed by atoms with Crippen LogP contribution in [0, 0.1) is 5.82 Å². The van der Waals surface area contributed by atoms with Crippen LogP contribution in [0.4, 0.5) is 15.2 Å². The number of rotatable bonds is 8. The summed E-state index contributed by atoms with van der Waals surface area (Å²) in [6.07, 6.45) is 4.97. The van der Waals surface area contributed by atoms with E-state index < -0.39 is 17.8 Å². The van der Waals surface area contributed by atoms with Gasteiger partial charge in [0.15, 0.2) is 5.65 Å². The van der Waals surface area contributed by atoms with Crippen molar-refractivity contribution >= 4 is 39.1 Å². The zero-order valence-electron chi connectivity index (χ0n) is 18.9. The van der Waals surface area contributed by atoms with Crippen molar-refractivity contribution in [2.45, 2.75) is 18.9 Å². The van der Waals surface area contributed by atoms with Gasteiger partial charge < -0.3 is 21.3 Å². The standard InChI is InChI=1S/C24H22FN7O3S/c25-15-3-1-4-16(11-15)32-22-17(12-27-32)21(28-23(35)19-6-7-20(26)36-19)29-24(30-22)31-9-8-14(13-31)18(34)5-2-10-33/h1,3-4,6-9,11-13,18,33-34H,2,5,10,26H2,(H,28,29,30,35). The molecule has 0 spiro atoms. The second-order valence-electron chi connectivity index (χ2n) is 8.04. The lowest BCUT2D eigenvalue weighted by molar-refractivity contribution is 0.103. The van der Waals surface area contributed by atoms with Crippen molar-refractivity contribution < 1.29 is 19.4 Å². The molecule has 0 saturated carbocycles. The van der Waals surface area contributed by atoms with Crippen LogP contribution < -0.4 is 11.1 Å². The van der Waals surface area contributed by atoms with Gasteiger partial charge in [0.2, 0.25) is 5.95 Å². The summed E-state index contributed by atoms with van der Waals surface area (Å²) < 4.78 is 17.0. The van der Waals surface area contributed by atoms with Gasteiger partial charge in [-0.05, 0) is 54.8 Å². The van der Waals surface area contributed by atoms with Gasteiger partial charge in [0.05, 0.1) is 33.3 Å². The summed E-state index contributed by atoms with van der Waals surface area (Å²) in [5.41, 5.74) is 7.20. The number of hydrogen-bond acceptors (Lipinski definition) is 8. The largest absolute Gasteiger partial charge is 0.396 e. The number of aromatic nitrogens is 5. The molecule has 0 bridgehead atoms. The fourth-order valence-electron chi connectivity index (χ4n) is 3.73. The molecule has 1 amide bonds. The first-order valence-electron chi connectivity index (χ1n) is 11.1. The number of amides is 1. The summed E-state index contributed by atoms with van der Waals surface area (Å²) in [5, 5.41) is 27.6.